The highest BCUT2D eigenvalue weighted by molar-refractivity contribution is 5.30. The number of hydrogen-bond acceptors (Lipinski definition) is 4. The van der Waals surface area contributed by atoms with Gasteiger partial charge in [0.2, 0.25) is 0 Å². The van der Waals surface area contributed by atoms with Crippen LogP contribution in [-0.4, -0.2) is 61.8 Å². The second-order valence-electron chi connectivity index (χ2n) is 5.01. The molecule has 1 aliphatic rings. The molecule has 1 N–H and O–H groups in total. The highest BCUT2D eigenvalue weighted by atomic mass is 19.1. The fourth-order valence-corrected chi connectivity index (χ4v) is 2.27. The number of likely N-dealkylation sites (N-methyl/N-ethyl adjacent to an activating group) is 1. The van der Waals surface area contributed by atoms with Gasteiger partial charge in [-0.3, -0.25) is 4.90 Å². The lowest BCUT2D eigenvalue weighted by molar-refractivity contribution is 0.0803. The number of halogens is 1. The fraction of sp³-hybridized carbons (Fsp3) is 0.571. The van der Waals surface area contributed by atoms with Gasteiger partial charge in [0, 0.05) is 32.7 Å². The Bertz CT molecular complexity index is 420. The summed E-state index contributed by atoms with van der Waals surface area (Å²) in [5.74, 6) is -0.229. The largest absolute Gasteiger partial charge is 0.494 e. The van der Waals surface area contributed by atoms with Crippen molar-refractivity contribution in [2.24, 2.45) is 0 Å². The third-order valence-electron chi connectivity index (χ3n) is 3.59. The van der Waals surface area contributed by atoms with Crippen LogP contribution >= 0.6 is 0 Å². The summed E-state index contributed by atoms with van der Waals surface area (Å²) in [5.41, 5.74) is 0.595. The van der Waals surface area contributed by atoms with E-state index in [2.05, 4.69) is 16.8 Å². The summed E-state index contributed by atoms with van der Waals surface area (Å²) in [4.78, 5) is 4.46. The number of benzene rings is 1. The lowest BCUT2D eigenvalue weighted by Crippen LogP contribution is -2.45. The standard InChI is InChI=1S/C14H21FN2O2/c1-16-5-7-17(8-6-16)10-13(18)11-3-4-14(19-2)12(15)9-11/h3-4,9,13,18H,5-8,10H2,1-2H3. The van der Waals surface area contributed by atoms with Crippen LogP contribution in [0.15, 0.2) is 18.2 Å². The predicted molar refractivity (Wildman–Crippen MR) is 71.8 cm³/mol. The van der Waals surface area contributed by atoms with Crippen LogP contribution in [0.5, 0.6) is 5.75 Å². The minimum Gasteiger partial charge on any atom is -0.494 e. The van der Waals surface area contributed by atoms with Crippen LogP contribution in [0.25, 0.3) is 0 Å². The molecule has 0 spiro atoms. The Hall–Kier alpha value is -1.17. The van der Waals surface area contributed by atoms with Crippen LogP contribution in [0, 0.1) is 5.82 Å². The van der Waals surface area contributed by atoms with Gasteiger partial charge in [-0.05, 0) is 24.7 Å². The third kappa shape index (κ3) is 3.65. The van der Waals surface area contributed by atoms with Gasteiger partial charge in [0.05, 0.1) is 13.2 Å². The topological polar surface area (TPSA) is 35.9 Å². The van der Waals surface area contributed by atoms with Crippen molar-refractivity contribution in [1.29, 1.82) is 0 Å². The first-order valence-corrected chi connectivity index (χ1v) is 6.52. The lowest BCUT2D eigenvalue weighted by atomic mass is 10.1. The summed E-state index contributed by atoms with van der Waals surface area (Å²) in [7, 11) is 3.52. The van der Waals surface area contributed by atoms with Crippen LogP contribution in [-0.2, 0) is 0 Å². The van der Waals surface area contributed by atoms with Gasteiger partial charge in [0.15, 0.2) is 11.6 Å². The molecule has 1 unspecified atom stereocenters. The first-order chi connectivity index (χ1) is 9.10. The van der Waals surface area contributed by atoms with Crippen molar-refractivity contribution >= 4 is 0 Å². The van der Waals surface area contributed by atoms with Gasteiger partial charge in [0.25, 0.3) is 0 Å². The van der Waals surface area contributed by atoms with Crippen LogP contribution in [0.4, 0.5) is 4.39 Å². The van der Waals surface area contributed by atoms with E-state index in [1.165, 1.54) is 13.2 Å². The molecule has 0 saturated carbocycles. The van der Waals surface area contributed by atoms with Gasteiger partial charge in [-0.15, -0.1) is 0 Å². The van der Waals surface area contributed by atoms with Gasteiger partial charge in [0.1, 0.15) is 0 Å². The molecule has 2 rings (SSSR count). The summed E-state index contributed by atoms with van der Waals surface area (Å²) in [5, 5.41) is 10.2. The molecule has 0 aliphatic carbocycles. The molecule has 1 atom stereocenters. The van der Waals surface area contributed by atoms with Gasteiger partial charge in [-0.1, -0.05) is 6.07 Å². The SMILES string of the molecule is COc1ccc(C(O)CN2CCN(C)CC2)cc1F. The van der Waals surface area contributed by atoms with Crippen molar-refractivity contribution < 1.29 is 14.2 Å². The Morgan fingerprint density at radius 2 is 2.00 bits per heavy atom. The molecule has 1 heterocycles. The monoisotopic (exact) mass is 268 g/mol. The highest BCUT2D eigenvalue weighted by Crippen LogP contribution is 2.22. The molecule has 1 aliphatic heterocycles. The summed E-state index contributed by atoms with van der Waals surface area (Å²) < 4.78 is 18.5. The molecule has 0 bridgehead atoms. The van der Waals surface area contributed by atoms with Gasteiger partial charge in [-0.25, -0.2) is 4.39 Å². The summed E-state index contributed by atoms with van der Waals surface area (Å²) >= 11 is 0. The molecule has 19 heavy (non-hydrogen) atoms. The lowest BCUT2D eigenvalue weighted by Gasteiger charge is -2.33. The van der Waals surface area contributed by atoms with Crippen molar-refractivity contribution in [3.63, 3.8) is 0 Å². The van der Waals surface area contributed by atoms with E-state index in [4.69, 9.17) is 4.74 Å². The maximum absolute atomic E-state index is 13.6. The van der Waals surface area contributed by atoms with E-state index in [9.17, 15) is 9.50 Å². The molecule has 1 fully saturated rings. The molecular formula is C14H21FN2O2. The van der Waals surface area contributed by atoms with E-state index in [0.29, 0.717) is 12.1 Å². The first-order valence-electron chi connectivity index (χ1n) is 6.52. The molecule has 0 aromatic heterocycles. The summed E-state index contributed by atoms with van der Waals surface area (Å²) in [6, 6.07) is 4.61. The number of hydrogen-bond donors (Lipinski definition) is 1. The molecule has 106 valence electrons. The molecule has 5 heteroatoms. The average molecular weight is 268 g/mol. The second-order valence-corrected chi connectivity index (χ2v) is 5.01. The number of rotatable bonds is 4. The number of aliphatic hydroxyl groups is 1. The van der Waals surface area contributed by atoms with Crippen molar-refractivity contribution in [1.82, 2.24) is 9.80 Å². The van der Waals surface area contributed by atoms with Crippen molar-refractivity contribution in [2.45, 2.75) is 6.10 Å². The number of nitrogens with zero attached hydrogens (tertiary/aromatic N) is 2. The van der Waals surface area contributed by atoms with Crippen LogP contribution < -0.4 is 4.74 Å². The van der Waals surface area contributed by atoms with Gasteiger partial charge >= 0.3 is 0 Å². The molecule has 1 aromatic carbocycles. The Labute approximate surface area is 113 Å². The Morgan fingerprint density at radius 3 is 2.58 bits per heavy atom. The third-order valence-corrected chi connectivity index (χ3v) is 3.59. The van der Waals surface area contributed by atoms with Gasteiger partial charge < -0.3 is 14.7 Å². The molecule has 1 aromatic rings. The van der Waals surface area contributed by atoms with E-state index in [0.717, 1.165) is 26.2 Å². The quantitative estimate of drug-likeness (QED) is 0.887. The van der Waals surface area contributed by atoms with Crippen molar-refractivity contribution in [3.8, 4) is 5.75 Å². The Kier molecular flexibility index (Phi) is 4.74. The Balaban J connectivity index is 1.96. The molecule has 0 amide bonds. The van der Waals surface area contributed by atoms with Crippen LogP contribution in [0.1, 0.15) is 11.7 Å². The van der Waals surface area contributed by atoms with Crippen LogP contribution in [0.3, 0.4) is 0 Å². The summed E-state index contributed by atoms with van der Waals surface area (Å²) in [6.07, 6.45) is -0.663. The highest BCUT2D eigenvalue weighted by Gasteiger charge is 2.18. The smallest absolute Gasteiger partial charge is 0.165 e. The maximum atomic E-state index is 13.6. The van der Waals surface area contributed by atoms with E-state index < -0.39 is 11.9 Å². The van der Waals surface area contributed by atoms with Gasteiger partial charge in [-0.2, -0.15) is 0 Å². The Morgan fingerprint density at radius 1 is 1.32 bits per heavy atom. The molecular weight excluding hydrogens is 247 g/mol. The van der Waals surface area contributed by atoms with E-state index in [1.807, 2.05) is 0 Å². The zero-order valence-corrected chi connectivity index (χ0v) is 11.5. The number of methoxy groups -OCH3 is 1. The zero-order valence-electron chi connectivity index (χ0n) is 11.5. The van der Waals surface area contributed by atoms with Crippen molar-refractivity contribution in [3.05, 3.63) is 29.6 Å². The first kappa shape index (κ1) is 14.2. The molecule has 4 nitrogen and oxygen atoms in total. The predicted octanol–water partition coefficient (Wildman–Crippen LogP) is 1.12. The normalized spacial score (nSPS) is 19.4. The zero-order chi connectivity index (χ0) is 13.8. The number of aliphatic hydroxyl groups excluding tert-OH is 1. The minimum atomic E-state index is -0.663. The number of ether oxygens (including phenoxy) is 1. The molecule has 1 saturated heterocycles. The minimum absolute atomic E-state index is 0.204. The van der Waals surface area contributed by atoms with Crippen molar-refractivity contribution in [2.75, 3.05) is 46.9 Å². The number of piperazine rings is 1. The molecule has 0 radical (unpaired) electrons. The van der Waals surface area contributed by atoms with E-state index >= 15 is 0 Å². The average Bonchev–Trinajstić information content (AvgIpc) is 2.41. The maximum Gasteiger partial charge on any atom is 0.165 e. The summed E-state index contributed by atoms with van der Waals surface area (Å²) in [6.45, 7) is 4.42. The number of β-amino-alcohol motifs (C(OH)–C–C–N with tert-alkyl or cyclic N) is 1. The second kappa shape index (κ2) is 6.32. The van der Waals surface area contributed by atoms with E-state index in [-0.39, 0.29) is 5.75 Å². The van der Waals surface area contributed by atoms with Crippen LogP contribution in [0.2, 0.25) is 0 Å². The van der Waals surface area contributed by atoms with E-state index in [1.54, 1.807) is 12.1 Å². The fourth-order valence-electron chi connectivity index (χ4n) is 2.27.